The SMILES string of the molecule is Cc1cccc(CC(=O)c2ccc(F)cc2Cl)c1. The van der Waals surface area contributed by atoms with Gasteiger partial charge in [0.05, 0.1) is 5.02 Å². The third kappa shape index (κ3) is 2.96. The maximum absolute atomic E-state index is 12.9. The van der Waals surface area contributed by atoms with E-state index in [0.29, 0.717) is 5.56 Å². The van der Waals surface area contributed by atoms with Crippen LogP contribution >= 0.6 is 11.6 Å². The highest BCUT2D eigenvalue weighted by Crippen LogP contribution is 2.19. The predicted octanol–water partition coefficient (Wildman–Crippen LogP) is 4.21. The van der Waals surface area contributed by atoms with E-state index in [4.69, 9.17) is 11.6 Å². The second kappa shape index (κ2) is 5.32. The first-order valence-corrected chi connectivity index (χ1v) is 5.98. The number of Topliss-reactive ketones (excluding diaryl/α,β-unsaturated/α-hetero) is 1. The number of halogens is 2. The monoisotopic (exact) mass is 262 g/mol. The molecule has 0 radical (unpaired) electrons. The zero-order valence-corrected chi connectivity index (χ0v) is 10.7. The molecular weight excluding hydrogens is 251 g/mol. The van der Waals surface area contributed by atoms with Crippen molar-refractivity contribution in [1.29, 1.82) is 0 Å². The van der Waals surface area contributed by atoms with Gasteiger partial charge in [0.15, 0.2) is 5.78 Å². The number of hydrogen-bond donors (Lipinski definition) is 0. The minimum absolute atomic E-state index is 0.106. The van der Waals surface area contributed by atoms with Gasteiger partial charge in [0, 0.05) is 12.0 Å². The van der Waals surface area contributed by atoms with E-state index in [1.54, 1.807) is 0 Å². The number of carbonyl (C=O) groups is 1. The smallest absolute Gasteiger partial charge is 0.168 e. The highest BCUT2D eigenvalue weighted by atomic mass is 35.5. The van der Waals surface area contributed by atoms with Gasteiger partial charge in [0.25, 0.3) is 0 Å². The van der Waals surface area contributed by atoms with Gasteiger partial charge in [0.2, 0.25) is 0 Å². The lowest BCUT2D eigenvalue weighted by Crippen LogP contribution is -2.04. The molecule has 0 aliphatic rings. The van der Waals surface area contributed by atoms with Crippen molar-refractivity contribution >= 4 is 17.4 Å². The quantitative estimate of drug-likeness (QED) is 0.757. The first-order chi connectivity index (χ1) is 8.56. The minimum Gasteiger partial charge on any atom is -0.294 e. The van der Waals surface area contributed by atoms with Crippen molar-refractivity contribution in [2.75, 3.05) is 0 Å². The molecule has 0 spiro atoms. The highest BCUT2D eigenvalue weighted by molar-refractivity contribution is 6.34. The van der Waals surface area contributed by atoms with Gasteiger partial charge in [-0.25, -0.2) is 4.39 Å². The molecular formula is C15H12ClFO. The van der Waals surface area contributed by atoms with Gasteiger partial charge >= 0.3 is 0 Å². The maximum Gasteiger partial charge on any atom is 0.168 e. The van der Waals surface area contributed by atoms with Crippen LogP contribution < -0.4 is 0 Å². The Kier molecular flexibility index (Phi) is 3.78. The molecule has 0 aliphatic heterocycles. The fourth-order valence-corrected chi connectivity index (χ4v) is 2.09. The lowest BCUT2D eigenvalue weighted by atomic mass is 10.0. The Balaban J connectivity index is 2.22. The van der Waals surface area contributed by atoms with Crippen molar-refractivity contribution < 1.29 is 9.18 Å². The molecule has 0 aromatic heterocycles. The van der Waals surface area contributed by atoms with Crippen molar-refractivity contribution in [3.05, 3.63) is 70.0 Å². The zero-order chi connectivity index (χ0) is 13.1. The summed E-state index contributed by atoms with van der Waals surface area (Å²) in [5.41, 5.74) is 2.39. The molecule has 0 fully saturated rings. The molecule has 0 heterocycles. The summed E-state index contributed by atoms with van der Waals surface area (Å²) in [6, 6.07) is 11.6. The van der Waals surface area contributed by atoms with E-state index in [0.717, 1.165) is 17.2 Å². The Labute approximate surface area is 110 Å². The third-order valence-corrected chi connectivity index (χ3v) is 2.99. The zero-order valence-electron chi connectivity index (χ0n) is 9.91. The molecule has 2 rings (SSSR count). The number of benzene rings is 2. The van der Waals surface area contributed by atoms with Gasteiger partial charge in [-0.05, 0) is 30.7 Å². The van der Waals surface area contributed by atoms with Gasteiger partial charge in [0.1, 0.15) is 5.82 Å². The number of aryl methyl sites for hydroxylation is 1. The average molecular weight is 263 g/mol. The fraction of sp³-hybridized carbons (Fsp3) is 0.133. The number of rotatable bonds is 3. The molecule has 0 saturated carbocycles. The molecule has 0 amide bonds. The molecule has 3 heteroatoms. The summed E-state index contributed by atoms with van der Waals surface area (Å²) in [6.07, 6.45) is 0.271. The number of ketones is 1. The molecule has 92 valence electrons. The molecule has 0 N–H and O–H groups in total. The molecule has 1 nitrogen and oxygen atoms in total. The predicted molar refractivity (Wildman–Crippen MR) is 70.6 cm³/mol. The molecule has 2 aromatic carbocycles. The molecule has 0 aliphatic carbocycles. The molecule has 0 unspecified atom stereocenters. The van der Waals surface area contributed by atoms with Gasteiger partial charge in [-0.3, -0.25) is 4.79 Å². The van der Waals surface area contributed by atoms with E-state index in [1.807, 2.05) is 31.2 Å². The van der Waals surface area contributed by atoms with Crippen LogP contribution in [0.1, 0.15) is 21.5 Å². The Morgan fingerprint density at radius 3 is 2.67 bits per heavy atom. The summed E-state index contributed by atoms with van der Waals surface area (Å²) >= 11 is 5.86. The normalized spacial score (nSPS) is 10.4. The largest absolute Gasteiger partial charge is 0.294 e. The van der Waals surface area contributed by atoms with Crippen LogP contribution in [0.15, 0.2) is 42.5 Å². The summed E-state index contributed by atoms with van der Waals surface area (Å²) in [6.45, 7) is 1.97. The van der Waals surface area contributed by atoms with Crippen molar-refractivity contribution in [3.8, 4) is 0 Å². The van der Waals surface area contributed by atoms with Crippen molar-refractivity contribution in [2.45, 2.75) is 13.3 Å². The maximum atomic E-state index is 12.9. The van der Waals surface area contributed by atoms with Crippen LogP contribution in [0.4, 0.5) is 4.39 Å². The Bertz CT molecular complexity index is 593. The van der Waals surface area contributed by atoms with Crippen LogP contribution in [-0.2, 0) is 6.42 Å². The van der Waals surface area contributed by atoms with Crippen LogP contribution in [-0.4, -0.2) is 5.78 Å². The molecule has 18 heavy (non-hydrogen) atoms. The van der Waals surface area contributed by atoms with Crippen LogP contribution in [0.5, 0.6) is 0 Å². The standard InChI is InChI=1S/C15H12ClFO/c1-10-3-2-4-11(7-10)8-15(18)13-6-5-12(17)9-14(13)16/h2-7,9H,8H2,1H3. The van der Waals surface area contributed by atoms with Crippen LogP contribution in [0, 0.1) is 12.7 Å². The summed E-state index contributed by atoms with van der Waals surface area (Å²) in [4.78, 5) is 12.1. The lowest BCUT2D eigenvalue weighted by molar-refractivity contribution is 0.0993. The van der Waals surface area contributed by atoms with Crippen molar-refractivity contribution in [2.24, 2.45) is 0 Å². The second-order valence-electron chi connectivity index (χ2n) is 4.21. The van der Waals surface area contributed by atoms with Crippen LogP contribution in [0.3, 0.4) is 0 Å². The second-order valence-corrected chi connectivity index (χ2v) is 4.62. The van der Waals surface area contributed by atoms with E-state index in [1.165, 1.54) is 12.1 Å². The summed E-state index contributed by atoms with van der Waals surface area (Å²) in [5, 5.41) is 0.160. The molecule has 0 atom stereocenters. The van der Waals surface area contributed by atoms with E-state index >= 15 is 0 Å². The van der Waals surface area contributed by atoms with E-state index < -0.39 is 5.82 Å². The topological polar surface area (TPSA) is 17.1 Å². The first kappa shape index (κ1) is 12.8. The van der Waals surface area contributed by atoms with Gasteiger partial charge in [-0.15, -0.1) is 0 Å². The lowest BCUT2D eigenvalue weighted by Gasteiger charge is -2.04. The molecule has 0 bridgehead atoms. The number of hydrogen-bond acceptors (Lipinski definition) is 1. The van der Waals surface area contributed by atoms with E-state index in [9.17, 15) is 9.18 Å². The summed E-state index contributed by atoms with van der Waals surface area (Å²) < 4.78 is 12.9. The first-order valence-electron chi connectivity index (χ1n) is 5.60. The molecule has 2 aromatic rings. The Hall–Kier alpha value is -1.67. The van der Waals surface area contributed by atoms with E-state index in [-0.39, 0.29) is 17.2 Å². The third-order valence-electron chi connectivity index (χ3n) is 2.68. The van der Waals surface area contributed by atoms with Crippen molar-refractivity contribution in [3.63, 3.8) is 0 Å². The van der Waals surface area contributed by atoms with Gasteiger partial charge < -0.3 is 0 Å². The van der Waals surface area contributed by atoms with Crippen LogP contribution in [0.25, 0.3) is 0 Å². The van der Waals surface area contributed by atoms with E-state index in [2.05, 4.69) is 0 Å². The van der Waals surface area contributed by atoms with Gasteiger partial charge in [-0.2, -0.15) is 0 Å². The fourth-order valence-electron chi connectivity index (χ4n) is 1.82. The Morgan fingerprint density at radius 2 is 2.00 bits per heavy atom. The van der Waals surface area contributed by atoms with Gasteiger partial charge in [-0.1, -0.05) is 41.4 Å². The summed E-state index contributed by atoms with van der Waals surface area (Å²) in [5.74, 6) is -0.544. The van der Waals surface area contributed by atoms with Crippen LogP contribution in [0.2, 0.25) is 5.02 Å². The highest BCUT2D eigenvalue weighted by Gasteiger charge is 2.11. The van der Waals surface area contributed by atoms with Crippen molar-refractivity contribution in [1.82, 2.24) is 0 Å². The number of carbonyl (C=O) groups excluding carboxylic acids is 1. The minimum atomic E-state index is -0.438. The average Bonchev–Trinajstić information content (AvgIpc) is 2.28. The Morgan fingerprint density at radius 1 is 1.22 bits per heavy atom. The summed E-state index contributed by atoms with van der Waals surface area (Å²) in [7, 11) is 0. The molecule has 0 saturated heterocycles.